The van der Waals surface area contributed by atoms with Crippen molar-refractivity contribution in [3.05, 3.63) is 101 Å². The maximum Gasteiger partial charge on any atom is 0.250 e. The van der Waals surface area contributed by atoms with Crippen molar-refractivity contribution in [1.29, 1.82) is 0 Å². The molecule has 6 rings (SSSR count). The van der Waals surface area contributed by atoms with Gasteiger partial charge >= 0.3 is 0 Å². The Morgan fingerprint density at radius 3 is 2.32 bits per heavy atom. The molecule has 6 aromatic rings. The molecule has 0 atom stereocenters. The Morgan fingerprint density at radius 1 is 0.871 bits per heavy atom. The Kier molecular flexibility index (Phi) is 3.80. The Balaban J connectivity index is 1.57. The van der Waals surface area contributed by atoms with Crippen LogP contribution in [0, 0.1) is 6.92 Å². The molecular weight excluding hydrogens is 386 g/mol. The van der Waals surface area contributed by atoms with Crippen molar-refractivity contribution in [3.63, 3.8) is 0 Å². The standard InChI is InChI=1S/C25H19N5O/c1-16-10-11-21-20(12-16)24(13-25(31)27-21)30-17(14-26-28-30)15-29-22-8-4-2-6-18(22)19-7-3-5-9-23(19)29/h2-14H,15H2,1H3,(H,27,31). The van der Waals surface area contributed by atoms with E-state index in [4.69, 9.17) is 0 Å². The van der Waals surface area contributed by atoms with E-state index in [-0.39, 0.29) is 5.56 Å². The summed E-state index contributed by atoms with van der Waals surface area (Å²) < 4.78 is 4.06. The van der Waals surface area contributed by atoms with Crippen LogP contribution >= 0.6 is 0 Å². The molecule has 6 nitrogen and oxygen atoms in total. The summed E-state index contributed by atoms with van der Waals surface area (Å²) in [7, 11) is 0. The van der Waals surface area contributed by atoms with E-state index >= 15 is 0 Å². The molecule has 3 aromatic heterocycles. The summed E-state index contributed by atoms with van der Waals surface area (Å²) in [6.45, 7) is 2.62. The fraction of sp³-hybridized carbons (Fsp3) is 0.0800. The quantitative estimate of drug-likeness (QED) is 0.469. The van der Waals surface area contributed by atoms with E-state index < -0.39 is 0 Å². The van der Waals surface area contributed by atoms with Gasteiger partial charge in [0.15, 0.2) is 0 Å². The summed E-state index contributed by atoms with van der Waals surface area (Å²) in [5, 5.41) is 11.9. The van der Waals surface area contributed by atoms with Gasteiger partial charge in [0.25, 0.3) is 5.56 Å². The van der Waals surface area contributed by atoms with Gasteiger partial charge in [-0.2, -0.15) is 0 Å². The maximum atomic E-state index is 12.3. The summed E-state index contributed by atoms with van der Waals surface area (Å²) in [6, 6.07) is 24.4. The highest BCUT2D eigenvalue weighted by atomic mass is 16.1. The molecule has 0 saturated heterocycles. The van der Waals surface area contributed by atoms with Gasteiger partial charge in [0.1, 0.15) is 0 Å². The van der Waals surface area contributed by atoms with Gasteiger partial charge in [-0.3, -0.25) is 4.79 Å². The molecule has 0 saturated carbocycles. The van der Waals surface area contributed by atoms with Gasteiger partial charge in [-0.15, -0.1) is 5.10 Å². The second-order valence-electron chi connectivity index (χ2n) is 7.83. The zero-order chi connectivity index (χ0) is 20.9. The van der Waals surface area contributed by atoms with E-state index in [9.17, 15) is 4.79 Å². The van der Waals surface area contributed by atoms with Crippen molar-refractivity contribution >= 4 is 32.7 Å². The van der Waals surface area contributed by atoms with Crippen LogP contribution in [0.15, 0.2) is 83.8 Å². The lowest BCUT2D eigenvalue weighted by atomic mass is 10.1. The molecular formula is C25H19N5O. The first-order chi connectivity index (χ1) is 15.2. The molecule has 150 valence electrons. The Hall–Kier alpha value is -4.19. The number of aromatic nitrogens is 5. The van der Waals surface area contributed by atoms with Crippen LogP contribution in [-0.4, -0.2) is 24.5 Å². The first kappa shape index (κ1) is 17.7. The van der Waals surface area contributed by atoms with Crippen LogP contribution in [0.3, 0.4) is 0 Å². The molecule has 1 N–H and O–H groups in total. The van der Waals surface area contributed by atoms with Crippen molar-refractivity contribution in [2.24, 2.45) is 0 Å². The molecule has 0 radical (unpaired) electrons. The average Bonchev–Trinajstić information content (AvgIpc) is 3.37. The maximum absolute atomic E-state index is 12.3. The highest BCUT2D eigenvalue weighted by Gasteiger charge is 2.15. The lowest BCUT2D eigenvalue weighted by Crippen LogP contribution is -2.12. The summed E-state index contributed by atoms with van der Waals surface area (Å²) >= 11 is 0. The third-order valence-electron chi connectivity index (χ3n) is 5.82. The summed E-state index contributed by atoms with van der Waals surface area (Å²) in [6.07, 6.45) is 1.77. The molecule has 3 aromatic carbocycles. The molecule has 0 amide bonds. The molecule has 0 aliphatic heterocycles. The van der Waals surface area contributed by atoms with Crippen LogP contribution in [0.25, 0.3) is 38.4 Å². The molecule has 31 heavy (non-hydrogen) atoms. The number of pyridine rings is 1. The third kappa shape index (κ3) is 2.76. The van der Waals surface area contributed by atoms with Crippen LogP contribution < -0.4 is 5.56 Å². The van der Waals surface area contributed by atoms with Crippen LogP contribution in [0.1, 0.15) is 11.3 Å². The van der Waals surface area contributed by atoms with Crippen molar-refractivity contribution in [2.45, 2.75) is 13.5 Å². The number of benzene rings is 3. The number of nitrogens with zero attached hydrogens (tertiary/aromatic N) is 4. The van der Waals surface area contributed by atoms with E-state index in [1.807, 2.05) is 19.1 Å². The summed E-state index contributed by atoms with van der Waals surface area (Å²) in [5.74, 6) is 0. The van der Waals surface area contributed by atoms with Crippen LogP contribution in [-0.2, 0) is 6.54 Å². The van der Waals surface area contributed by atoms with Crippen molar-refractivity contribution < 1.29 is 0 Å². The molecule has 3 heterocycles. The second kappa shape index (κ2) is 6.67. The molecule has 6 heteroatoms. The lowest BCUT2D eigenvalue weighted by Gasteiger charge is -2.12. The average molecular weight is 405 g/mol. The largest absolute Gasteiger partial charge is 0.334 e. The summed E-state index contributed by atoms with van der Waals surface area (Å²) in [5.41, 5.74) is 5.68. The Labute approximate surface area is 177 Å². The fourth-order valence-corrected chi connectivity index (χ4v) is 4.43. The number of hydrogen-bond acceptors (Lipinski definition) is 3. The van der Waals surface area contributed by atoms with E-state index in [0.717, 1.165) is 38.9 Å². The van der Waals surface area contributed by atoms with Crippen molar-refractivity contribution in [1.82, 2.24) is 24.5 Å². The number of para-hydroxylation sites is 2. The first-order valence-electron chi connectivity index (χ1n) is 10.2. The number of aromatic amines is 1. The van der Waals surface area contributed by atoms with Crippen LogP contribution in [0.5, 0.6) is 0 Å². The van der Waals surface area contributed by atoms with Gasteiger partial charge in [0.2, 0.25) is 0 Å². The zero-order valence-electron chi connectivity index (χ0n) is 16.9. The highest BCUT2D eigenvalue weighted by Crippen LogP contribution is 2.30. The number of H-pyrrole nitrogens is 1. The number of nitrogens with one attached hydrogen (secondary N) is 1. The zero-order valence-corrected chi connectivity index (χ0v) is 16.9. The van der Waals surface area contributed by atoms with E-state index in [0.29, 0.717) is 6.54 Å². The fourth-order valence-electron chi connectivity index (χ4n) is 4.43. The highest BCUT2D eigenvalue weighted by molar-refractivity contribution is 6.08. The van der Waals surface area contributed by atoms with E-state index in [1.165, 1.54) is 10.8 Å². The smallest absolute Gasteiger partial charge is 0.250 e. The molecule has 0 aliphatic rings. The van der Waals surface area contributed by atoms with Gasteiger partial charge in [0.05, 0.1) is 29.6 Å². The third-order valence-corrected chi connectivity index (χ3v) is 5.82. The minimum Gasteiger partial charge on any atom is -0.334 e. The van der Waals surface area contributed by atoms with Gasteiger partial charge in [0, 0.05) is 33.3 Å². The molecule has 0 unspecified atom stereocenters. The van der Waals surface area contributed by atoms with E-state index in [1.54, 1.807) is 16.9 Å². The minimum absolute atomic E-state index is 0.162. The van der Waals surface area contributed by atoms with Gasteiger partial charge in [-0.25, -0.2) is 4.68 Å². The molecule has 0 aliphatic carbocycles. The molecule has 0 spiro atoms. The topological polar surface area (TPSA) is 68.5 Å². The number of fused-ring (bicyclic) bond motifs is 4. The number of hydrogen-bond donors (Lipinski definition) is 1. The molecule has 0 bridgehead atoms. The van der Waals surface area contributed by atoms with Gasteiger partial charge in [-0.05, 0) is 31.2 Å². The van der Waals surface area contributed by atoms with Crippen LogP contribution in [0.2, 0.25) is 0 Å². The van der Waals surface area contributed by atoms with Crippen LogP contribution in [0.4, 0.5) is 0 Å². The van der Waals surface area contributed by atoms with Crippen molar-refractivity contribution in [3.8, 4) is 5.69 Å². The first-order valence-corrected chi connectivity index (χ1v) is 10.2. The van der Waals surface area contributed by atoms with E-state index in [2.05, 4.69) is 74.5 Å². The monoisotopic (exact) mass is 405 g/mol. The summed E-state index contributed by atoms with van der Waals surface area (Å²) in [4.78, 5) is 15.3. The predicted molar refractivity (Wildman–Crippen MR) is 123 cm³/mol. The Morgan fingerprint density at radius 2 is 1.58 bits per heavy atom. The normalized spacial score (nSPS) is 11.6. The Bertz CT molecular complexity index is 1600. The number of rotatable bonds is 3. The molecule has 0 fully saturated rings. The van der Waals surface area contributed by atoms with Crippen molar-refractivity contribution in [2.75, 3.05) is 0 Å². The van der Waals surface area contributed by atoms with Gasteiger partial charge < -0.3 is 9.55 Å². The van der Waals surface area contributed by atoms with Gasteiger partial charge in [-0.1, -0.05) is 53.2 Å². The predicted octanol–water partition coefficient (Wildman–Crippen LogP) is 4.57. The SMILES string of the molecule is Cc1ccc2[nH]c(=O)cc(-n3nncc3Cn3c4ccccc4c4ccccc43)c2c1. The minimum atomic E-state index is -0.162. The second-order valence-corrected chi connectivity index (χ2v) is 7.83. The number of aryl methyl sites for hydroxylation is 1. The lowest BCUT2D eigenvalue weighted by molar-refractivity contribution is 0.732.